The second-order valence-corrected chi connectivity index (χ2v) is 4.80. The molecule has 98 valence electrons. The van der Waals surface area contributed by atoms with Crippen LogP contribution in [0.2, 0.25) is 0 Å². The van der Waals surface area contributed by atoms with Gasteiger partial charge in [0.1, 0.15) is 11.6 Å². The van der Waals surface area contributed by atoms with Crippen LogP contribution in [-0.4, -0.2) is 22.3 Å². The van der Waals surface area contributed by atoms with Crippen LogP contribution >= 0.6 is 0 Å². The highest BCUT2D eigenvalue weighted by molar-refractivity contribution is 5.28. The van der Waals surface area contributed by atoms with Gasteiger partial charge in [-0.1, -0.05) is 24.3 Å². The Hall–Kier alpha value is -2.10. The average molecular weight is 255 g/mol. The molecule has 0 spiro atoms. The number of H-pyrrole nitrogens is 1. The molecule has 1 aromatic carbocycles. The fraction of sp³-hybridized carbons (Fsp3) is 0.333. The molecule has 1 aliphatic rings. The number of nitrogens with one attached hydrogen (secondary N) is 1. The molecule has 0 atom stereocenters. The van der Waals surface area contributed by atoms with Crippen LogP contribution in [0.1, 0.15) is 36.0 Å². The lowest BCUT2D eigenvalue weighted by molar-refractivity contribution is 0.414. The Morgan fingerprint density at radius 1 is 1.21 bits per heavy atom. The van der Waals surface area contributed by atoms with Gasteiger partial charge in [-0.25, -0.2) is 4.98 Å². The van der Waals surface area contributed by atoms with Crippen LogP contribution in [-0.2, 0) is 6.42 Å². The van der Waals surface area contributed by atoms with E-state index in [4.69, 9.17) is 4.74 Å². The first kappa shape index (κ1) is 12.0. The van der Waals surface area contributed by atoms with E-state index >= 15 is 0 Å². The van der Waals surface area contributed by atoms with E-state index in [1.54, 1.807) is 7.11 Å². The highest BCUT2D eigenvalue weighted by Crippen LogP contribution is 2.26. The van der Waals surface area contributed by atoms with Crippen molar-refractivity contribution < 1.29 is 4.74 Å². The number of aromatic nitrogens is 3. The number of methoxy groups -OCH3 is 1. The first-order valence-electron chi connectivity index (χ1n) is 6.54. The first-order valence-corrected chi connectivity index (χ1v) is 6.54. The second kappa shape index (κ2) is 5.26. The smallest absolute Gasteiger partial charge is 0.154 e. The van der Waals surface area contributed by atoms with Gasteiger partial charge in [0.2, 0.25) is 0 Å². The van der Waals surface area contributed by atoms with Crippen molar-refractivity contribution >= 4 is 0 Å². The van der Waals surface area contributed by atoms with Gasteiger partial charge in [-0.3, -0.25) is 5.10 Å². The Morgan fingerprint density at radius 2 is 1.95 bits per heavy atom. The third-order valence-electron chi connectivity index (χ3n) is 3.45. The molecule has 0 saturated heterocycles. The number of ether oxygens (including phenoxy) is 1. The van der Waals surface area contributed by atoms with Crippen molar-refractivity contribution in [2.45, 2.75) is 25.2 Å². The summed E-state index contributed by atoms with van der Waals surface area (Å²) < 4.78 is 5.15. The molecule has 1 N–H and O–H groups in total. The number of hydrogen-bond acceptors (Lipinski definition) is 3. The predicted molar refractivity (Wildman–Crippen MR) is 73.3 cm³/mol. The molecular weight excluding hydrogens is 238 g/mol. The summed E-state index contributed by atoms with van der Waals surface area (Å²) in [4.78, 5) is 4.59. The van der Waals surface area contributed by atoms with Gasteiger partial charge in [0.15, 0.2) is 5.82 Å². The summed E-state index contributed by atoms with van der Waals surface area (Å²) in [6.07, 6.45) is 7.28. The van der Waals surface area contributed by atoms with Gasteiger partial charge >= 0.3 is 0 Å². The number of allylic oxidation sites excluding steroid dienone is 2. The van der Waals surface area contributed by atoms with Crippen LogP contribution in [0.25, 0.3) is 0 Å². The highest BCUT2D eigenvalue weighted by Gasteiger charge is 2.17. The minimum absolute atomic E-state index is 0.459. The molecule has 1 heterocycles. The fourth-order valence-corrected chi connectivity index (χ4v) is 2.34. The van der Waals surface area contributed by atoms with Crippen LogP contribution in [0.4, 0.5) is 0 Å². The van der Waals surface area contributed by atoms with Crippen molar-refractivity contribution in [1.29, 1.82) is 0 Å². The van der Waals surface area contributed by atoms with E-state index in [1.807, 2.05) is 12.1 Å². The third kappa shape index (κ3) is 2.67. The quantitative estimate of drug-likeness (QED) is 0.855. The van der Waals surface area contributed by atoms with Crippen molar-refractivity contribution in [3.05, 3.63) is 53.6 Å². The number of hydrogen-bond donors (Lipinski definition) is 1. The van der Waals surface area contributed by atoms with E-state index in [0.717, 1.165) is 36.7 Å². The molecule has 19 heavy (non-hydrogen) atoms. The van der Waals surface area contributed by atoms with Crippen LogP contribution < -0.4 is 4.74 Å². The minimum Gasteiger partial charge on any atom is -0.497 e. The predicted octanol–water partition coefficient (Wildman–Crippen LogP) is 2.84. The van der Waals surface area contributed by atoms with E-state index in [0.29, 0.717) is 5.92 Å². The van der Waals surface area contributed by atoms with Gasteiger partial charge < -0.3 is 4.74 Å². The Morgan fingerprint density at radius 3 is 2.63 bits per heavy atom. The van der Waals surface area contributed by atoms with Gasteiger partial charge in [-0.2, -0.15) is 5.10 Å². The van der Waals surface area contributed by atoms with Crippen LogP contribution in [0.15, 0.2) is 36.4 Å². The van der Waals surface area contributed by atoms with Gasteiger partial charge in [0.05, 0.1) is 7.11 Å². The van der Waals surface area contributed by atoms with Gasteiger partial charge in [-0.15, -0.1) is 0 Å². The number of aromatic amines is 1. The fourth-order valence-electron chi connectivity index (χ4n) is 2.34. The Bertz CT molecular complexity index is 563. The van der Waals surface area contributed by atoms with Crippen molar-refractivity contribution in [1.82, 2.24) is 15.2 Å². The monoisotopic (exact) mass is 255 g/mol. The molecule has 4 nitrogen and oxygen atoms in total. The molecule has 0 aliphatic heterocycles. The maximum absolute atomic E-state index is 5.15. The molecule has 3 rings (SSSR count). The molecular formula is C15H17N3O. The topological polar surface area (TPSA) is 50.8 Å². The molecule has 2 aromatic rings. The highest BCUT2D eigenvalue weighted by atomic mass is 16.5. The lowest BCUT2D eigenvalue weighted by Gasteiger charge is -2.02. The maximum Gasteiger partial charge on any atom is 0.154 e. The summed E-state index contributed by atoms with van der Waals surface area (Å²) >= 11 is 0. The molecule has 0 amide bonds. The van der Waals surface area contributed by atoms with Crippen LogP contribution in [0.5, 0.6) is 5.75 Å². The minimum atomic E-state index is 0.459. The summed E-state index contributed by atoms with van der Waals surface area (Å²) in [5, 5.41) is 7.37. The molecule has 0 fully saturated rings. The number of nitrogens with zero attached hydrogens (tertiary/aromatic N) is 2. The van der Waals surface area contributed by atoms with Gasteiger partial charge in [0, 0.05) is 12.3 Å². The van der Waals surface area contributed by atoms with E-state index in [9.17, 15) is 0 Å². The average Bonchev–Trinajstić information content (AvgIpc) is 3.10. The standard InChI is InChI=1S/C15H17N3O/c1-19-13-8-6-11(7-9-13)10-14-16-15(18-17-14)12-4-2-3-5-12/h2-3,6-9,12H,4-5,10H2,1H3,(H,16,17,18). The van der Waals surface area contributed by atoms with E-state index < -0.39 is 0 Å². The van der Waals surface area contributed by atoms with E-state index in [2.05, 4.69) is 39.5 Å². The number of rotatable bonds is 4. The zero-order valence-corrected chi connectivity index (χ0v) is 11.0. The van der Waals surface area contributed by atoms with Gasteiger partial charge in [-0.05, 0) is 30.5 Å². The lowest BCUT2D eigenvalue weighted by Crippen LogP contribution is -1.96. The summed E-state index contributed by atoms with van der Waals surface area (Å²) in [5.74, 6) is 3.19. The SMILES string of the molecule is COc1ccc(Cc2nc(C3CC=CC3)n[nH]2)cc1. The maximum atomic E-state index is 5.15. The zero-order valence-electron chi connectivity index (χ0n) is 11.0. The Balaban J connectivity index is 1.68. The van der Waals surface area contributed by atoms with Crippen LogP contribution in [0.3, 0.4) is 0 Å². The molecule has 0 radical (unpaired) electrons. The Labute approximate surface area is 112 Å². The zero-order chi connectivity index (χ0) is 13.1. The second-order valence-electron chi connectivity index (χ2n) is 4.80. The van der Waals surface area contributed by atoms with Crippen molar-refractivity contribution in [3.8, 4) is 5.75 Å². The van der Waals surface area contributed by atoms with Gasteiger partial charge in [0.25, 0.3) is 0 Å². The molecule has 0 bridgehead atoms. The molecule has 1 aromatic heterocycles. The number of benzene rings is 1. The summed E-state index contributed by atoms with van der Waals surface area (Å²) in [6.45, 7) is 0. The van der Waals surface area contributed by atoms with Crippen molar-refractivity contribution in [2.24, 2.45) is 0 Å². The van der Waals surface area contributed by atoms with Crippen molar-refractivity contribution in [2.75, 3.05) is 7.11 Å². The van der Waals surface area contributed by atoms with Crippen molar-refractivity contribution in [3.63, 3.8) is 0 Å². The summed E-state index contributed by atoms with van der Waals surface area (Å²) in [6, 6.07) is 8.04. The summed E-state index contributed by atoms with van der Waals surface area (Å²) in [5.41, 5.74) is 1.20. The third-order valence-corrected chi connectivity index (χ3v) is 3.45. The normalized spacial score (nSPS) is 15.0. The Kier molecular flexibility index (Phi) is 3.31. The van der Waals surface area contributed by atoms with E-state index in [-0.39, 0.29) is 0 Å². The lowest BCUT2D eigenvalue weighted by atomic mass is 10.1. The first-order chi connectivity index (χ1) is 9.35. The molecule has 0 unspecified atom stereocenters. The molecule has 0 saturated carbocycles. The summed E-state index contributed by atoms with van der Waals surface area (Å²) in [7, 11) is 1.67. The molecule has 4 heteroatoms. The van der Waals surface area contributed by atoms with E-state index in [1.165, 1.54) is 5.56 Å². The largest absolute Gasteiger partial charge is 0.497 e. The van der Waals surface area contributed by atoms with Crippen LogP contribution in [0, 0.1) is 0 Å². The molecule has 1 aliphatic carbocycles.